The normalized spacial score (nSPS) is 17.2. The van der Waals surface area contributed by atoms with Crippen molar-refractivity contribution in [3.63, 3.8) is 0 Å². The molecule has 1 N–H and O–H groups in total. The van der Waals surface area contributed by atoms with E-state index in [1.54, 1.807) is 4.90 Å². The molecule has 1 aromatic heterocycles. The molecule has 4 rings (SSSR count). The highest BCUT2D eigenvalue weighted by atomic mass is 32.2. The number of para-hydroxylation sites is 2. The molecule has 0 saturated carbocycles. The molecule has 1 amide bonds. The summed E-state index contributed by atoms with van der Waals surface area (Å²) in [7, 11) is -1.01. The Kier molecular flexibility index (Phi) is 3.50. The Morgan fingerprint density at radius 3 is 2.83 bits per heavy atom. The first kappa shape index (κ1) is 14.2. The topological polar surface area (TPSA) is 53.2 Å². The number of H-pyrrole nitrogens is 1. The van der Waals surface area contributed by atoms with Crippen molar-refractivity contribution in [1.82, 2.24) is 4.98 Å². The zero-order valence-electron chi connectivity index (χ0n) is 12.5. The van der Waals surface area contributed by atoms with Crippen molar-refractivity contribution < 1.29 is 9.00 Å². The average molecular weight is 324 g/mol. The summed E-state index contributed by atoms with van der Waals surface area (Å²) in [5.74, 6) is 0.537. The largest absolute Gasteiger partial charge is 0.361 e. The van der Waals surface area contributed by atoms with Crippen molar-refractivity contribution in [2.45, 2.75) is 11.3 Å². The van der Waals surface area contributed by atoms with Gasteiger partial charge in [0, 0.05) is 29.4 Å². The number of nitrogens with one attached hydrogen (secondary N) is 1. The lowest BCUT2D eigenvalue weighted by Crippen LogP contribution is -2.39. The Hall–Kier alpha value is -2.40. The fraction of sp³-hybridized carbons (Fsp3) is 0.167. The molecule has 0 bridgehead atoms. The third-order valence-electron chi connectivity index (χ3n) is 4.22. The van der Waals surface area contributed by atoms with E-state index in [0.29, 0.717) is 18.7 Å². The number of hydrogen-bond donors (Lipinski definition) is 1. The van der Waals surface area contributed by atoms with Gasteiger partial charge in [-0.15, -0.1) is 0 Å². The minimum absolute atomic E-state index is 0.0407. The summed E-state index contributed by atoms with van der Waals surface area (Å²) in [4.78, 5) is 18.5. The van der Waals surface area contributed by atoms with Gasteiger partial charge in [-0.05, 0) is 23.8 Å². The van der Waals surface area contributed by atoms with Gasteiger partial charge in [0.05, 0.1) is 27.8 Å². The minimum atomic E-state index is -1.01. The standard InChI is InChI=1S/C18H16N2O2S/c21-18(11-13-12-19-15-6-2-1-5-14(13)15)20-9-10-23(22)17-8-4-3-7-16(17)20/h1-8,12,19H,9-11H2. The van der Waals surface area contributed by atoms with Crippen LogP contribution in [0.15, 0.2) is 59.6 Å². The first-order valence-corrected chi connectivity index (χ1v) is 8.89. The number of nitrogens with zero attached hydrogens (tertiary/aromatic N) is 1. The van der Waals surface area contributed by atoms with E-state index >= 15 is 0 Å². The van der Waals surface area contributed by atoms with Crippen LogP contribution in [0.3, 0.4) is 0 Å². The maximum absolute atomic E-state index is 12.8. The van der Waals surface area contributed by atoms with E-state index in [9.17, 15) is 9.00 Å². The van der Waals surface area contributed by atoms with Crippen molar-refractivity contribution in [3.8, 4) is 0 Å². The number of aromatic nitrogens is 1. The number of hydrogen-bond acceptors (Lipinski definition) is 2. The van der Waals surface area contributed by atoms with E-state index < -0.39 is 10.8 Å². The Bertz CT molecular complexity index is 916. The zero-order chi connectivity index (χ0) is 15.8. The Labute approximate surface area is 136 Å². The Morgan fingerprint density at radius 1 is 1.13 bits per heavy atom. The SMILES string of the molecule is O=C(Cc1c[nH]c2ccccc12)N1CCS(=O)c2ccccc21. The molecule has 0 saturated heterocycles. The van der Waals surface area contributed by atoms with Gasteiger partial charge >= 0.3 is 0 Å². The number of amides is 1. The number of anilines is 1. The number of rotatable bonds is 2. The van der Waals surface area contributed by atoms with Crippen molar-refractivity contribution in [2.75, 3.05) is 17.2 Å². The lowest BCUT2D eigenvalue weighted by Gasteiger charge is -2.28. The second kappa shape index (κ2) is 5.66. The molecule has 1 aliphatic rings. The van der Waals surface area contributed by atoms with Crippen LogP contribution < -0.4 is 4.90 Å². The Morgan fingerprint density at radius 2 is 1.91 bits per heavy atom. The molecule has 3 aromatic rings. The zero-order valence-corrected chi connectivity index (χ0v) is 13.3. The maximum Gasteiger partial charge on any atom is 0.231 e. The molecule has 2 heterocycles. The van der Waals surface area contributed by atoms with E-state index in [1.165, 1.54) is 0 Å². The molecular formula is C18H16N2O2S. The first-order chi connectivity index (χ1) is 11.2. The van der Waals surface area contributed by atoms with Crippen LogP contribution in [0.25, 0.3) is 10.9 Å². The Balaban J connectivity index is 1.65. The highest BCUT2D eigenvalue weighted by molar-refractivity contribution is 7.85. The summed E-state index contributed by atoms with van der Waals surface area (Å²) in [6.07, 6.45) is 2.24. The van der Waals surface area contributed by atoms with Gasteiger partial charge in [-0.2, -0.15) is 0 Å². The predicted octanol–water partition coefficient (Wildman–Crippen LogP) is 2.86. The first-order valence-electron chi connectivity index (χ1n) is 7.57. The van der Waals surface area contributed by atoms with Crippen LogP contribution in [-0.2, 0) is 22.0 Å². The summed E-state index contributed by atoms with van der Waals surface area (Å²) in [5, 5.41) is 1.08. The van der Waals surface area contributed by atoms with Crippen LogP contribution >= 0.6 is 0 Å². The van der Waals surface area contributed by atoms with Crippen molar-refractivity contribution in [1.29, 1.82) is 0 Å². The van der Waals surface area contributed by atoms with Crippen LogP contribution in [0.1, 0.15) is 5.56 Å². The monoisotopic (exact) mass is 324 g/mol. The fourth-order valence-corrected chi connectivity index (χ4v) is 4.28. The van der Waals surface area contributed by atoms with Crippen LogP contribution in [0.5, 0.6) is 0 Å². The molecule has 2 aromatic carbocycles. The number of carbonyl (C=O) groups is 1. The van der Waals surface area contributed by atoms with Gasteiger partial charge in [-0.1, -0.05) is 30.3 Å². The second-order valence-corrected chi connectivity index (χ2v) is 7.14. The molecule has 0 radical (unpaired) electrons. The summed E-state index contributed by atoms with van der Waals surface area (Å²) < 4.78 is 12.1. The van der Waals surface area contributed by atoms with E-state index in [-0.39, 0.29) is 5.91 Å². The lowest BCUT2D eigenvalue weighted by molar-refractivity contribution is -0.117. The molecule has 1 aliphatic heterocycles. The highest BCUT2D eigenvalue weighted by Crippen LogP contribution is 2.29. The molecule has 0 aliphatic carbocycles. The van der Waals surface area contributed by atoms with Crippen molar-refractivity contribution in [2.24, 2.45) is 0 Å². The third kappa shape index (κ3) is 2.47. The summed E-state index contributed by atoms with van der Waals surface area (Å²) in [5.41, 5.74) is 2.81. The number of fused-ring (bicyclic) bond motifs is 2. The fourth-order valence-electron chi connectivity index (χ4n) is 3.07. The molecule has 5 heteroatoms. The molecular weight excluding hydrogens is 308 g/mol. The number of aromatic amines is 1. The molecule has 1 unspecified atom stereocenters. The summed E-state index contributed by atoms with van der Waals surface area (Å²) in [6, 6.07) is 15.4. The highest BCUT2D eigenvalue weighted by Gasteiger charge is 2.26. The van der Waals surface area contributed by atoms with Gasteiger partial charge in [-0.25, -0.2) is 0 Å². The van der Waals surface area contributed by atoms with Gasteiger partial charge in [0.15, 0.2) is 0 Å². The van der Waals surface area contributed by atoms with Crippen LogP contribution in [-0.4, -0.2) is 27.4 Å². The predicted molar refractivity (Wildman–Crippen MR) is 92.1 cm³/mol. The number of carbonyl (C=O) groups excluding carboxylic acids is 1. The third-order valence-corrected chi connectivity index (χ3v) is 5.61. The maximum atomic E-state index is 12.8. The van der Waals surface area contributed by atoms with Gasteiger partial charge in [0.25, 0.3) is 0 Å². The second-order valence-electron chi connectivity index (χ2n) is 5.60. The molecule has 1 atom stereocenters. The van der Waals surface area contributed by atoms with Crippen LogP contribution in [0, 0.1) is 0 Å². The van der Waals surface area contributed by atoms with E-state index in [1.807, 2.05) is 54.7 Å². The lowest BCUT2D eigenvalue weighted by atomic mass is 10.1. The smallest absolute Gasteiger partial charge is 0.231 e. The quantitative estimate of drug-likeness (QED) is 0.788. The van der Waals surface area contributed by atoms with Crippen molar-refractivity contribution in [3.05, 3.63) is 60.3 Å². The van der Waals surface area contributed by atoms with Gasteiger partial charge in [0.2, 0.25) is 5.91 Å². The van der Waals surface area contributed by atoms with E-state index in [4.69, 9.17) is 0 Å². The van der Waals surface area contributed by atoms with Crippen molar-refractivity contribution >= 4 is 33.3 Å². The van der Waals surface area contributed by atoms with E-state index in [0.717, 1.165) is 27.0 Å². The van der Waals surface area contributed by atoms with Crippen LogP contribution in [0.2, 0.25) is 0 Å². The average Bonchev–Trinajstić information content (AvgIpc) is 2.98. The molecule has 23 heavy (non-hydrogen) atoms. The van der Waals surface area contributed by atoms with E-state index in [2.05, 4.69) is 4.98 Å². The molecule has 4 nitrogen and oxygen atoms in total. The van der Waals surface area contributed by atoms with Crippen LogP contribution in [0.4, 0.5) is 5.69 Å². The van der Waals surface area contributed by atoms with Gasteiger partial charge in [-0.3, -0.25) is 9.00 Å². The minimum Gasteiger partial charge on any atom is -0.361 e. The summed E-state index contributed by atoms with van der Waals surface area (Å²) in [6.45, 7) is 0.505. The molecule has 0 fully saturated rings. The molecule has 0 spiro atoms. The van der Waals surface area contributed by atoms with Gasteiger partial charge < -0.3 is 9.88 Å². The van der Waals surface area contributed by atoms with Gasteiger partial charge in [0.1, 0.15) is 0 Å². The number of benzene rings is 2. The summed E-state index contributed by atoms with van der Waals surface area (Å²) >= 11 is 0. The molecule has 116 valence electrons.